The smallest absolute Gasteiger partial charge is 0.328 e. The number of likely N-dealkylation sites (N-methyl/N-ethyl adjacent to an activating group) is 2. The molecule has 2 aliphatic rings. The summed E-state index contributed by atoms with van der Waals surface area (Å²) in [5.41, 5.74) is 0. The molecule has 0 bridgehead atoms. The number of carbonyl (C=O) groups is 3. The third-order valence-corrected chi connectivity index (χ3v) is 5.15. The monoisotopic (exact) mass is 389 g/mol. The minimum absolute atomic E-state index is 0.00469. The van der Waals surface area contributed by atoms with Crippen LogP contribution < -0.4 is 5.32 Å². The lowest BCUT2D eigenvalue weighted by molar-refractivity contribution is -0.136. The molecule has 1 aromatic heterocycles. The fraction of sp³-hybridized carbons (Fsp3) is 0.579. The predicted molar refractivity (Wildman–Crippen MR) is 103 cm³/mol. The molecular formula is C19H27N5O4. The van der Waals surface area contributed by atoms with E-state index < -0.39 is 12.2 Å². The first-order valence-corrected chi connectivity index (χ1v) is 9.61. The van der Waals surface area contributed by atoms with Crippen LogP contribution in [0.2, 0.25) is 0 Å². The average molecular weight is 389 g/mol. The Kier molecular flexibility index (Phi) is 6.33. The van der Waals surface area contributed by atoms with Crippen LogP contribution in [-0.4, -0.2) is 78.3 Å². The summed E-state index contributed by atoms with van der Waals surface area (Å²) in [6, 6.07) is 2.97. The zero-order valence-electron chi connectivity index (χ0n) is 16.3. The molecule has 0 spiro atoms. The van der Waals surface area contributed by atoms with Crippen LogP contribution in [0.4, 0.5) is 4.79 Å². The molecular weight excluding hydrogens is 362 g/mol. The Morgan fingerprint density at radius 2 is 2.07 bits per heavy atom. The maximum Gasteiger partial charge on any atom is 0.328 e. The Morgan fingerprint density at radius 1 is 1.25 bits per heavy atom. The van der Waals surface area contributed by atoms with E-state index in [2.05, 4.69) is 10.3 Å². The molecule has 1 aromatic rings. The molecule has 0 radical (unpaired) electrons. The van der Waals surface area contributed by atoms with Gasteiger partial charge in [-0.3, -0.25) is 14.5 Å². The van der Waals surface area contributed by atoms with Gasteiger partial charge in [0.25, 0.3) is 5.91 Å². The number of rotatable bonds is 9. The number of fused-ring (bicyclic) bond motifs is 1. The number of aryl methyl sites for hydroxylation is 1. The standard InChI is InChI=1S/C19H27N5O4/c1-22-17-16(18(26)23(2)19(22)27)24(13-21-17)11-5-9-15(25)20-10-4-3-7-14-8-6-12-28-14/h6,8,12-13,16-17H,3-5,7,9-11H2,1-2H3,(H,20,25). The van der Waals surface area contributed by atoms with Crippen LogP contribution >= 0.6 is 0 Å². The van der Waals surface area contributed by atoms with Crippen molar-refractivity contribution in [3.05, 3.63) is 24.2 Å². The number of amides is 4. The Balaban J connectivity index is 1.33. The van der Waals surface area contributed by atoms with Gasteiger partial charge in [-0.2, -0.15) is 0 Å². The average Bonchev–Trinajstić information content (AvgIpc) is 3.34. The molecule has 28 heavy (non-hydrogen) atoms. The van der Waals surface area contributed by atoms with E-state index in [9.17, 15) is 14.4 Å². The van der Waals surface area contributed by atoms with Crippen LogP contribution in [0.25, 0.3) is 0 Å². The molecule has 3 rings (SSSR count). The first kappa shape index (κ1) is 19.9. The van der Waals surface area contributed by atoms with Crippen LogP contribution in [0.5, 0.6) is 0 Å². The van der Waals surface area contributed by atoms with E-state index in [1.165, 1.54) is 11.9 Å². The fourth-order valence-electron chi connectivity index (χ4n) is 3.52. The van der Waals surface area contributed by atoms with Gasteiger partial charge in [-0.15, -0.1) is 0 Å². The van der Waals surface area contributed by atoms with Crippen molar-refractivity contribution >= 4 is 24.2 Å². The second-order valence-corrected chi connectivity index (χ2v) is 7.14. The third kappa shape index (κ3) is 4.35. The zero-order chi connectivity index (χ0) is 20.1. The van der Waals surface area contributed by atoms with E-state index in [4.69, 9.17) is 4.42 Å². The summed E-state index contributed by atoms with van der Waals surface area (Å²) in [5, 5.41) is 2.92. The largest absolute Gasteiger partial charge is 0.469 e. The second-order valence-electron chi connectivity index (χ2n) is 7.14. The Morgan fingerprint density at radius 3 is 2.82 bits per heavy atom. The second kappa shape index (κ2) is 8.90. The Bertz CT molecular complexity index is 733. The summed E-state index contributed by atoms with van der Waals surface area (Å²) in [6.45, 7) is 1.18. The van der Waals surface area contributed by atoms with Crippen LogP contribution in [0.3, 0.4) is 0 Å². The molecule has 0 saturated carbocycles. The molecule has 2 atom stereocenters. The third-order valence-electron chi connectivity index (χ3n) is 5.15. The number of urea groups is 1. The van der Waals surface area contributed by atoms with E-state index >= 15 is 0 Å². The minimum Gasteiger partial charge on any atom is -0.469 e. The maximum absolute atomic E-state index is 12.4. The van der Waals surface area contributed by atoms with Crippen molar-refractivity contribution < 1.29 is 18.8 Å². The number of unbranched alkanes of at least 4 members (excludes halogenated alkanes) is 1. The highest BCUT2D eigenvalue weighted by Gasteiger charge is 2.48. The summed E-state index contributed by atoms with van der Waals surface area (Å²) >= 11 is 0. The molecule has 1 saturated heterocycles. The van der Waals surface area contributed by atoms with Gasteiger partial charge in [0.1, 0.15) is 5.76 Å². The van der Waals surface area contributed by atoms with Crippen molar-refractivity contribution in [1.29, 1.82) is 0 Å². The summed E-state index contributed by atoms with van der Waals surface area (Å²) in [6.07, 6.45) is 6.53. The molecule has 0 aliphatic carbocycles. The van der Waals surface area contributed by atoms with Crippen molar-refractivity contribution in [1.82, 2.24) is 20.0 Å². The highest BCUT2D eigenvalue weighted by Crippen LogP contribution is 2.24. The SMILES string of the molecule is CN1C(=O)C2C(N=CN2CCCC(=O)NCCCCc2ccco2)N(C)C1=O. The van der Waals surface area contributed by atoms with Gasteiger partial charge < -0.3 is 19.5 Å². The van der Waals surface area contributed by atoms with Crippen molar-refractivity contribution in [2.24, 2.45) is 4.99 Å². The van der Waals surface area contributed by atoms with Crippen molar-refractivity contribution in [2.45, 2.75) is 44.3 Å². The van der Waals surface area contributed by atoms with Gasteiger partial charge in [0.15, 0.2) is 12.2 Å². The van der Waals surface area contributed by atoms with Gasteiger partial charge in [0.2, 0.25) is 5.91 Å². The summed E-state index contributed by atoms with van der Waals surface area (Å²) in [4.78, 5) is 45.1. The highest BCUT2D eigenvalue weighted by atomic mass is 16.3. The summed E-state index contributed by atoms with van der Waals surface area (Å²) in [5.74, 6) is 0.712. The van der Waals surface area contributed by atoms with Gasteiger partial charge in [0, 0.05) is 40.0 Å². The molecule has 1 N–H and O–H groups in total. The fourth-order valence-corrected chi connectivity index (χ4v) is 3.52. The van der Waals surface area contributed by atoms with E-state index in [0.717, 1.165) is 29.9 Å². The van der Waals surface area contributed by atoms with Gasteiger partial charge in [-0.05, 0) is 31.4 Å². The topological polar surface area (TPSA) is 98.5 Å². The number of hydrogen-bond acceptors (Lipinski definition) is 6. The molecule has 2 aliphatic heterocycles. The van der Waals surface area contributed by atoms with Gasteiger partial charge in [0.05, 0.1) is 12.6 Å². The van der Waals surface area contributed by atoms with Gasteiger partial charge in [-0.25, -0.2) is 9.79 Å². The summed E-state index contributed by atoms with van der Waals surface area (Å²) < 4.78 is 5.28. The number of nitrogens with one attached hydrogen (secondary N) is 1. The molecule has 4 amide bonds. The number of carbonyl (C=O) groups excluding carboxylic acids is 3. The highest BCUT2D eigenvalue weighted by molar-refractivity contribution is 6.01. The Hall–Kier alpha value is -2.84. The number of aliphatic imine (C=N–C) groups is 1. The van der Waals surface area contributed by atoms with Crippen molar-refractivity contribution in [3.63, 3.8) is 0 Å². The van der Waals surface area contributed by atoms with Crippen LogP contribution in [0.1, 0.15) is 31.4 Å². The molecule has 3 heterocycles. The van der Waals surface area contributed by atoms with Crippen LogP contribution in [0, 0.1) is 0 Å². The van der Waals surface area contributed by atoms with Crippen LogP contribution in [0.15, 0.2) is 27.8 Å². The molecule has 9 nitrogen and oxygen atoms in total. The lowest BCUT2D eigenvalue weighted by Crippen LogP contribution is -2.63. The first-order valence-electron chi connectivity index (χ1n) is 9.61. The number of imide groups is 1. The van der Waals surface area contributed by atoms with Crippen LogP contribution in [-0.2, 0) is 16.0 Å². The zero-order valence-corrected chi connectivity index (χ0v) is 16.3. The van der Waals surface area contributed by atoms with E-state index in [0.29, 0.717) is 25.9 Å². The molecule has 152 valence electrons. The number of hydrogen-bond donors (Lipinski definition) is 1. The number of nitrogens with zero attached hydrogens (tertiary/aromatic N) is 4. The first-order chi connectivity index (χ1) is 13.5. The predicted octanol–water partition coefficient (Wildman–Crippen LogP) is 1.06. The van der Waals surface area contributed by atoms with Crippen molar-refractivity contribution in [3.8, 4) is 0 Å². The van der Waals surface area contributed by atoms with E-state index in [1.807, 2.05) is 17.0 Å². The van der Waals surface area contributed by atoms with E-state index in [1.54, 1.807) is 19.6 Å². The van der Waals surface area contributed by atoms with Crippen molar-refractivity contribution in [2.75, 3.05) is 27.2 Å². The molecule has 0 aromatic carbocycles. The van der Waals surface area contributed by atoms with Gasteiger partial charge >= 0.3 is 6.03 Å². The molecule has 2 unspecified atom stereocenters. The normalized spacial score (nSPS) is 21.4. The summed E-state index contributed by atoms with van der Waals surface area (Å²) in [7, 11) is 3.12. The number of furan rings is 1. The minimum atomic E-state index is -0.502. The lowest BCUT2D eigenvalue weighted by atomic mass is 10.1. The Labute approximate surface area is 164 Å². The quantitative estimate of drug-likeness (QED) is 0.637. The molecule has 9 heteroatoms. The van der Waals surface area contributed by atoms with Gasteiger partial charge in [-0.1, -0.05) is 0 Å². The maximum atomic E-state index is 12.4. The molecule has 1 fully saturated rings. The lowest BCUT2D eigenvalue weighted by Gasteiger charge is -2.39. The van der Waals surface area contributed by atoms with E-state index in [-0.39, 0.29) is 17.8 Å².